The summed E-state index contributed by atoms with van der Waals surface area (Å²) >= 11 is 0. The van der Waals surface area contributed by atoms with E-state index in [0.29, 0.717) is 56.0 Å². The normalized spacial score (nSPS) is 17.3. The van der Waals surface area contributed by atoms with Crippen LogP contribution in [0.15, 0.2) is 188 Å². The van der Waals surface area contributed by atoms with Crippen molar-refractivity contribution in [1.29, 1.82) is 0 Å². The Morgan fingerprint density at radius 2 is 1.29 bits per heavy atom. The van der Waals surface area contributed by atoms with Crippen LogP contribution in [-0.4, -0.2) is 9.55 Å². The third-order valence-corrected chi connectivity index (χ3v) is 14.1. The maximum atomic E-state index is 9.92. The Bertz CT molecular complexity index is 4430. The standard InChI is InChI=1S/C66H57N4O.Pt/c1-64(2,3)48-34-37-67-62(40-48)70-58-27-12-11-24-54(58)55-32-31-51(42-61(55)70)71-50-23-16-22-49(41-50)68-43-69(60-29-14-13-28-59(60)68)63-52(46-21-15-20-45(38-46)44-18-9-8-10-19-44)25-17-26-53(63)47-30-33-56-57(39-47)66(6,7)36-35-65(56,4)5;/h8-34,37-40,43H,35-36H2,1-7H3;/q-3;/i8D,9D,10D,11D,12D,15D,18D,19D,20D,21D,24D,27D,38D;. The minimum Gasteiger partial charge on any atom is -0.509 e. The summed E-state index contributed by atoms with van der Waals surface area (Å²) in [7, 11) is 0. The van der Waals surface area contributed by atoms with Gasteiger partial charge in [-0.15, -0.1) is 48.1 Å². The number of benzene rings is 8. The summed E-state index contributed by atoms with van der Waals surface area (Å²) < 4.78 is 125. The van der Waals surface area contributed by atoms with Crippen molar-refractivity contribution in [2.75, 3.05) is 9.80 Å². The Morgan fingerprint density at radius 3 is 2.08 bits per heavy atom. The number of fused-ring (bicyclic) bond motifs is 5. The molecule has 12 rings (SSSR count). The molecule has 0 bridgehead atoms. The second-order valence-electron chi connectivity index (χ2n) is 20.6. The predicted octanol–water partition coefficient (Wildman–Crippen LogP) is 17.6. The topological polar surface area (TPSA) is 33.5 Å². The first-order chi connectivity index (χ1) is 39.7. The van der Waals surface area contributed by atoms with Crippen molar-refractivity contribution < 1.29 is 43.6 Å². The van der Waals surface area contributed by atoms with Crippen molar-refractivity contribution in [3.8, 4) is 50.7 Å². The Labute approximate surface area is 457 Å². The van der Waals surface area contributed by atoms with Crippen molar-refractivity contribution in [2.24, 2.45) is 0 Å². The van der Waals surface area contributed by atoms with Gasteiger partial charge in [-0.2, -0.15) is 12.1 Å². The van der Waals surface area contributed by atoms with E-state index in [1.54, 1.807) is 35.0 Å². The molecule has 2 aliphatic rings. The molecule has 0 fully saturated rings. The van der Waals surface area contributed by atoms with Gasteiger partial charge in [-0.05, 0) is 110 Å². The number of anilines is 4. The van der Waals surface area contributed by atoms with E-state index in [-0.39, 0.29) is 83.9 Å². The maximum Gasteiger partial charge on any atom is 0.135 e. The molecule has 1 aliphatic heterocycles. The van der Waals surface area contributed by atoms with E-state index in [0.717, 1.165) is 29.7 Å². The maximum absolute atomic E-state index is 9.92. The number of para-hydroxylation sites is 4. The van der Waals surface area contributed by atoms with Gasteiger partial charge in [0.05, 0.1) is 17.8 Å². The molecule has 0 amide bonds. The molecule has 0 spiro atoms. The molecule has 2 aromatic heterocycles. The fourth-order valence-electron chi connectivity index (χ4n) is 10.1. The third kappa shape index (κ3) is 8.32. The summed E-state index contributed by atoms with van der Waals surface area (Å²) in [5.41, 5.74) is 7.13. The smallest absolute Gasteiger partial charge is 0.135 e. The summed E-state index contributed by atoms with van der Waals surface area (Å²) in [4.78, 5) is 8.62. The van der Waals surface area contributed by atoms with Crippen LogP contribution >= 0.6 is 0 Å². The van der Waals surface area contributed by atoms with Gasteiger partial charge in [-0.3, -0.25) is 0 Å². The van der Waals surface area contributed by atoms with Crippen molar-refractivity contribution in [2.45, 2.75) is 77.6 Å². The fraction of sp³-hybridized carbons (Fsp3) is 0.182. The van der Waals surface area contributed by atoms with E-state index in [4.69, 9.17) is 23.4 Å². The van der Waals surface area contributed by atoms with Crippen LogP contribution in [0, 0.1) is 18.8 Å². The van der Waals surface area contributed by atoms with Gasteiger partial charge in [0.1, 0.15) is 5.82 Å². The van der Waals surface area contributed by atoms with Crippen LogP contribution in [0.5, 0.6) is 11.5 Å². The zero-order valence-corrected chi connectivity index (χ0v) is 43.2. The van der Waals surface area contributed by atoms with Crippen LogP contribution in [0.3, 0.4) is 0 Å². The first-order valence-electron chi connectivity index (χ1n) is 30.3. The van der Waals surface area contributed by atoms with Crippen LogP contribution in [0.25, 0.3) is 61.0 Å². The number of aromatic nitrogens is 2. The average Bonchev–Trinajstić information content (AvgIpc) is 1.79. The number of hydrogen-bond acceptors (Lipinski definition) is 4. The SMILES string of the molecule is [2H]c1c([2H])c([2H])c(-c2c([2H])c([2H])c([2H])c(-c3cccc(-c4ccc5c(c4)C(C)(C)CCC5(C)C)c3N3[CH-]N(c4[c-]c(Oc5[c-]c6c(cc5)c5c([2H])c([2H])c([2H])c([2H])c5n6-c5cc(C(C)(C)C)ccn5)ccc4)c4ccccc43)c2[2H])c([2H])c1[2H].[Pt]. The van der Waals surface area contributed by atoms with E-state index in [1.165, 1.54) is 11.1 Å². The largest absolute Gasteiger partial charge is 0.509 e. The molecule has 0 saturated heterocycles. The van der Waals surface area contributed by atoms with Gasteiger partial charge in [0.25, 0.3) is 0 Å². The summed E-state index contributed by atoms with van der Waals surface area (Å²) in [5.74, 6) is 1.04. The first kappa shape index (κ1) is 34.2. The molecule has 6 heteroatoms. The van der Waals surface area contributed by atoms with Gasteiger partial charge in [0.2, 0.25) is 0 Å². The molecular weight excluding hydrogens is 1060 g/mol. The predicted molar refractivity (Wildman–Crippen MR) is 295 cm³/mol. The molecule has 0 unspecified atom stereocenters. The zero-order valence-electron chi connectivity index (χ0n) is 53.9. The second kappa shape index (κ2) is 18.1. The molecule has 72 heavy (non-hydrogen) atoms. The van der Waals surface area contributed by atoms with E-state index in [2.05, 4.69) is 78.8 Å². The molecule has 0 saturated carbocycles. The average molecular weight is 1130 g/mol. The molecule has 3 heterocycles. The molecule has 0 atom stereocenters. The van der Waals surface area contributed by atoms with Gasteiger partial charge in [-0.1, -0.05) is 169 Å². The fourth-order valence-corrected chi connectivity index (χ4v) is 10.1. The second-order valence-corrected chi connectivity index (χ2v) is 20.6. The number of nitrogens with zero attached hydrogens (tertiary/aromatic N) is 4. The van der Waals surface area contributed by atoms with E-state index < -0.39 is 59.9 Å². The Kier molecular flexibility index (Phi) is 8.62. The van der Waals surface area contributed by atoms with Crippen LogP contribution < -0.4 is 14.5 Å². The van der Waals surface area contributed by atoms with Gasteiger partial charge in [-0.25, -0.2) is 4.98 Å². The number of hydrogen-bond donors (Lipinski definition) is 0. The number of ether oxygens (including phenoxy) is 1. The van der Waals surface area contributed by atoms with Crippen LogP contribution in [0.1, 0.15) is 95.8 Å². The molecule has 10 aromatic rings. The minimum absolute atomic E-state index is 0. The van der Waals surface area contributed by atoms with Crippen molar-refractivity contribution >= 4 is 44.6 Å². The van der Waals surface area contributed by atoms with Gasteiger partial charge in [0.15, 0.2) is 0 Å². The van der Waals surface area contributed by atoms with E-state index in [1.807, 2.05) is 77.1 Å². The first-order valence-corrected chi connectivity index (χ1v) is 23.8. The minimum atomic E-state index is -0.651. The molecule has 0 N–H and O–H groups in total. The molecule has 8 aromatic carbocycles. The summed E-state index contributed by atoms with van der Waals surface area (Å²) in [6.45, 7) is 17.2. The molecule has 360 valence electrons. The summed E-state index contributed by atoms with van der Waals surface area (Å²) in [6.07, 6.45) is 3.66. The molecule has 0 radical (unpaired) electrons. The molecule has 1 aliphatic carbocycles. The molecular formula is C66H57N4OPt-3. The molecule has 5 nitrogen and oxygen atoms in total. The Morgan fingerprint density at radius 1 is 0.611 bits per heavy atom. The summed E-state index contributed by atoms with van der Waals surface area (Å²) in [6, 6.07) is 33.0. The van der Waals surface area contributed by atoms with Gasteiger partial charge in [0, 0.05) is 72.5 Å². The van der Waals surface area contributed by atoms with Crippen molar-refractivity contribution in [3.63, 3.8) is 0 Å². The van der Waals surface area contributed by atoms with Crippen LogP contribution in [0.4, 0.5) is 22.7 Å². The number of rotatable bonds is 8. The van der Waals surface area contributed by atoms with Crippen LogP contribution in [0.2, 0.25) is 0 Å². The van der Waals surface area contributed by atoms with Gasteiger partial charge >= 0.3 is 0 Å². The van der Waals surface area contributed by atoms with Crippen LogP contribution in [-0.2, 0) is 37.3 Å². The third-order valence-electron chi connectivity index (χ3n) is 14.1. The monoisotopic (exact) mass is 1130 g/mol. The Hall–Kier alpha value is -7.20. The zero-order chi connectivity index (χ0) is 60.0. The van der Waals surface area contributed by atoms with E-state index >= 15 is 0 Å². The van der Waals surface area contributed by atoms with Crippen molar-refractivity contribution in [1.82, 2.24) is 9.55 Å². The van der Waals surface area contributed by atoms with Crippen molar-refractivity contribution in [3.05, 3.63) is 223 Å². The van der Waals surface area contributed by atoms with E-state index in [9.17, 15) is 4.11 Å². The number of pyridine rings is 1. The quantitative estimate of drug-likeness (QED) is 0.142. The Balaban J connectivity index is 0.00000752. The van der Waals surface area contributed by atoms with Gasteiger partial charge < -0.3 is 19.1 Å². The summed E-state index contributed by atoms with van der Waals surface area (Å²) in [5, 5.41) is 0.860.